The maximum absolute atomic E-state index is 12.3. The first-order valence-corrected chi connectivity index (χ1v) is 6.94. The second kappa shape index (κ2) is 6.29. The molecule has 0 aliphatic carbocycles. The molecule has 0 radical (unpaired) electrons. The Kier molecular flexibility index (Phi) is 5.11. The fourth-order valence-corrected chi connectivity index (χ4v) is 1.38. The van der Waals surface area contributed by atoms with Gasteiger partial charge in [0.1, 0.15) is 11.2 Å². The number of hydrogen-bond donors (Lipinski definition) is 0. The lowest BCUT2D eigenvalue weighted by Gasteiger charge is -2.27. The van der Waals surface area contributed by atoms with E-state index in [0.717, 1.165) is 4.90 Å². The van der Waals surface area contributed by atoms with Crippen molar-refractivity contribution in [1.29, 1.82) is 0 Å². The Morgan fingerprint density at radius 1 is 0.909 bits per heavy atom. The largest absolute Gasteiger partial charge is 0.443 e. The minimum atomic E-state index is -0.861. The van der Waals surface area contributed by atoms with E-state index in [2.05, 4.69) is 9.97 Å². The lowest BCUT2D eigenvalue weighted by molar-refractivity contribution is 0.0429. The Morgan fingerprint density at radius 3 is 1.68 bits per heavy atom. The second-order valence-electron chi connectivity index (χ2n) is 6.81. The molecule has 0 aromatic carbocycles. The maximum atomic E-state index is 12.3. The molecular formula is C15H23N3O4. The highest BCUT2D eigenvalue weighted by molar-refractivity contribution is 6.08. The van der Waals surface area contributed by atoms with Gasteiger partial charge in [-0.15, -0.1) is 0 Å². The van der Waals surface area contributed by atoms with E-state index in [1.807, 2.05) is 0 Å². The van der Waals surface area contributed by atoms with Crippen molar-refractivity contribution < 1.29 is 19.1 Å². The monoisotopic (exact) mass is 309 g/mol. The summed E-state index contributed by atoms with van der Waals surface area (Å²) in [6.45, 7) is 12.0. The maximum Gasteiger partial charge on any atom is 0.425 e. The molecular weight excluding hydrogens is 286 g/mol. The third kappa shape index (κ3) is 5.67. The van der Waals surface area contributed by atoms with E-state index in [4.69, 9.17) is 9.47 Å². The Balaban J connectivity index is 3.12. The van der Waals surface area contributed by atoms with Gasteiger partial charge in [-0.25, -0.2) is 14.6 Å². The van der Waals surface area contributed by atoms with Crippen molar-refractivity contribution in [3.63, 3.8) is 0 Å². The van der Waals surface area contributed by atoms with Crippen LogP contribution in [0.25, 0.3) is 0 Å². The van der Waals surface area contributed by atoms with Gasteiger partial charge in [0.05, 0.1) is 18.1 Å². The van der Waals surface area contributed by atoms with Gasteiger partial charge in [-0.2, -0.15) is 4.90 Å². The summed E-state index contributed by atoms with van der Waals surface area (Å²) in [4.78, 5) is 33.4. The SMILES string of the molecule is Cc1cnc(N(C(=O)OC(C)(C)C)C(=O)OC(C)(C)C)cn1. The Labute approximate surface area is 130 Å². The number of aromatic nitrogens is 2. The van der Waals surface area contributed by atoms with E-state index >= 15 is 0 Å². The quantitative estimate of drug-likeness (QED) is 0.790. The van der Waals surface area contributed by atoms with Crippen molar-refractivity contribution in [1.82, 2.24) is 9.97 Å². The molecule has 0 fully saturated rings. The molecule has 7 nitrogen and oxygen atoms in total. The summed E-state index contributed by atoms with van der Waals surface area (Å²) in [6.07, 6.45) is 1.06. The number of aryl methyl sites for hydroxylation is 1. The molecule has 0 bridgehead atoms. The number of carbonyl (C=O) groups excluding carboxylic acids is 2. The van der Waals surface area contributed by atoms with Crippen molar-refractivity contribution in [3.05, 3.63) is 18.1 Å². The van der Waals surface area contributed by atoms with Gasteiger partial charge in [0.25, 0.3) is 0 Å². The molecule has 1 aromatic rings. The van der Waals surface area contributed by atoms with Crippen LogP contribution in [-0.4, -0.2) is 33.4 Å². The third-order valence-corrected chi connectivity index (χ3v) is 2.15. The van der Waals surface area contributed by atoms with Gasteiger partial charge in [0.2, 0.25) is 0 Å². The molecule has 122 valence electrons. The highest BCUT2D eigenvalue weighted by Crippen LogP contribution is 2.19. The van der Waals surface area contributed by atoms with Crippen LogP contribution < -0.4 is 4.90 Å². The molecule has 0 saturated heterocycles. The summed E-state index contributed by atoms with van der Waals surface area (Å²) in [5.41, 5.74) is -0.845. The average Bonchev–Trinajstić information content (AvgIpc) is 2.27. The van der Waals surface area contributed by atoms with Crippen LogP contribution in [0.1, 0.15) is 47.2 Å². The van der Waals surface area contributed by atoms with Gasteiger partial charge in [0.15, 0.2) is 5.82 Å². The molecule has 2 amide bonds. The normalized spacial score (nSPS) is 11.8. The van der Waals surface area contributed by atoms with Crippen LogP contribution in [0, 0.1) is 6.92 Å². The summed E-state index contributed by atoms with van der Waals surface area (Å²) < 4.78 is 10.5. The minimum Gasteiger partial charge on any atom is -0.443 e. The van der Waals surface area contributed by atoms with Gasteiger partial charge in [0, 0.05) is 0 Å². The van der Waals surface area contributed by atoms with Gasteiger partial charge in [-0.05, 0) is 48.5 Å². The number of ether oxygens (including phenoxy) is 2. The van der Waals surface area contributed by atoms with Crippen molar-refractivity contribution in [2.24, 2.45) is 0 Å². The first-order valence-electron chi connectivity index (χ1n) is 6.94. The summed E-state index contributed by atoms with van der Waals surface area (Å²) >= 11 is 0. The molecule has 1 aromatic heterocycles. The van der Waals surface area contributed by atoms with Crippen LogP contribution in [0.5, 0.6) is 0 Å². The molecule has 0 aliphatic heterocycles. The number of rotatable bonds is 1. The molecule has 0 atom stereocenters. The molecule has 1 heterocycles. The summed E-state index contributed by atoms with van der Waals surface area (Å²) in [6, 6.07) is 0. The van der Waals surface area contributed by atoms with Crippen LogP contribution in [0.4, 0.5) is 15.4 Å². The van der Waals surface area contributed by atoms with Crippen molar-refractivity contribution in [2.45, 2.75) is 59.7 Å². The fourth-order valence-electron chi connectivity index (χ4n) is 1.38. The highest BCUT2D eigenvalue weighted by Gasteiger charge is 2.33. The topological polar surface area (TPSA) is 81.6 Å². The predicted molar refractivity (Wildman–Crippen MR) is 81.7 cm³/mol. The molecule has 0 aliphatic rings. The standard InChI is InChI=1S/C15H23N3O4/c1-10-8-17-11(9-16-10)18(12(19)21-14(2,3)4)13(20)22-15(5,6)7/h8-9H,1-7H3. The third-order valence-electron chi connectivity index (χ3n) is 2.15. The lowest BCUT2D eigenvalue weighted by Crippen LogP contribution is -2.44. The smallest absolute Gasteiger partial charge is 0.425 e. The van der Waals surface area contributed by atoms with Crippen LogP contribution in [0.3, 0.4) is 0 Å². The first kappa shape index (κ1) is 17.9. The van der Waals surface area contributed by atoms with Crippen LogP contribution >= 0.6 is 0 Å². The highest BCUT2D eigenvalue weighted by atomic mass is 16.6. The minimum absolute atomic E-state index is 0.0501. The zero-order valence-corrected chi connectivity index (χ0v) is 14.1. The summed E-state index contributed by atoms with van der Waals surface area (Å²) in [5.74, 6) is 0.0501. The zero-order chi connectivity index (χ0) is 17.1. The van der Waals surface area contributed by atoms with Crippen LogP contribution in [0.15, 0.2) is 12.4 Å². The molecule has 7 heteroatoms. The van der Waals surface area contributed by atoms with Crippen molar-refractivity contribution in [3.8, 4) is 0 Å². The number of anilines is 1. The van der Waals surface area contributed by atoms with E-state index in [1.54, 1.807) is 48.5 Å². The van der Waals surface area contributed by atoms with Gasteiger partial charge >= 0.3 is 12.2 Å². The van der Waals surface area contributed by atoms with Gasteiger partial charge in [-0.1, -0.05) is 0 Å². The molecule has 0 saturated carbocycles. The van der Waals surface area contributed by atoms with Crippen molar-refractivity contribution in [2.75, 3.05) is 4.90 Å². The Morgan fingerprint density at radius 2 is 1.36 bits per heavy atom. The van der Waals surface area contributed by atoms with E-state index in [-0.39, 0.29) is 5.82 Å². The summed E-state index contributed by atoms with van der Waals surface area (Å²) in [7, 11) is 0. The van der Waals surface area contributed by atoms with E-state index < -0.39 is 23.4 Å². The van der Waals surface area contributed by atoms with Crippen LogP contribution in [-0.2, 0) is 9.47 Å². The number of amides is 2. The number of nitrogens with zero attached hydrogens (tertiary/aromatic N) is 3. The molecule has 1 rings (SSSR count). The van der Waals surface area contributed by atoms with E-state index in [9.17, 15) is 9.59 Å². The number of hydrogen-bond acceptors (Lipinski definition) is 6. The zero-order valence-electron chi connectivity index (χ0n) is 14.1. The van der Waals surface area contributed by atoms with E-state index in [0.29, 0.717) is 5.69 Å². The van der Waals surface area contributed by atoms with Crippen molar-refractivity contribution >= 4 is 18.0 Å². The Bertz CT molecular complexity index is 513. The second-order valence-corrected chi connectivity index (χ2v) is 6.81. The molecule has 0 spiro atoms. The number of imide groups is 1. The average molecular weight is 309 g/mol. The predicted octanol–water partition coefficient (Wildman–Crippen LogP) is 3.46. The first-order chi connectivity index (χ1) is 9.89. The number of carbonyl (C=O) groups is 2. The molecule has 0 unspecified atom stereocenters. The molecule has 22 heavy (non-hydrogen) atoms. The summed E-state index contributed by atoms with van der Waals surface area (Å²) in [5, 5.41) is 0. The lowest BCUT2D eigenvalue weighted by atomic mass is 10.2. The van der Waals surface area contributed by atoms with Gasteiger partial charge in [-0.3, -0.25) is 4.98 Å². The fraction of sp³-hybridized carbons (Fsp3) is 0.600. The van der Waals surface area contributed by atoms with E-state index in [1.165, 1.54) is 12.4 Å². The molecule has 0 N–H and O–H groups in total. The van der Waals surface area contributed by atoms with Gasteiger partial charge < -0.3 is 9.47 Å². The van der Waals surface area contributed by atoms with Crippen LogP contribution in [0.2, 0.25) is 0 Å². The Hall–Kier alpha value is -2.18.